The van der Waals surface area contributed by atoms with Crippen LogP contribution in [0.15, 0.2) is 57.7 Å². The number of fused-ring (bicyclic) bond motifs is 1. The number of nitrogens with zero attached hydrogens (tertiary/aromatic N) is 6. The van der Waals surface area contributed by atoms with E-state index in [4.69, 9.17) is 4.74 Å². The number of likely N-dealkylation sites (tertiary alicyclic amines) is 1. The number of aromatic nitrogens is 2. The number of likely N-dealkylation sites (N-methyl/N-ethyl adjacent to an activating group) is 1. The predicted molar refractivity (Wildman–Crippen MR) is 150 cm³/mol. The fourth-order valence-electron chi connectivity index (χ4n) is 6.17. The molecule has 1 saturated heterocycles. The van der Waals surface area contributed by atoms with Gasteiger partial charge in [0.1, 0.15) is 0 Å². The van der Waals surface area contributed by atoms with Gasteiger partial charge in [-0.2, -0.15) is 13.2 Å². The standard InChI is InChI=1S/C30H37F3N6O2/c1-5-22(18-41-4)27(28-35-34-19-36(28)3)23-9-6-10-24(13-23)38-17-26-25(30(31,32)33)12-21(16-39(26)29(38)40)15-37-11-7-8-20(2)14-37/h6,9-10,12-13,16-17,19-20,22,27H,5,7-8,11,14-15,18H2,1-4H3/q+1/t20-,22?,27-/m0/s1. The van der Waals surface area contributed by atoms with Gasteiger partial charge in [-0.1, -0.05) is 32.4 Å². The molecule has 0 spiro atoms. The maximum absolute atomic E-state index is 14.3. The summed E-state index contributed by atoms with van der Waals surface area (Å²) >= 11 is 0. The van der Waals surface area contributed by atoms with Gasteiger partial charge in [-0.3, -0.25) is 13.9 Å². The summed E-state index contributed by atoms with van der Waals surface area (Å²) in [6.45, 7) is 6.75. The van der Waals surface area contributed by atoms with Crippen LogP contribution in [0.4, 0.5) is 13.2 Å². The van der Waals surface area contributed by atoms with Gasteiger partial charge in [0.05, 0.1) is 34.8 Å². The van der Waals surface area contributed by atoms with E-state index < -0.39 is 17.4 Å². The average Bonchev–Trinajstić information content (AvgIpc) is 3.50. The second kappa shape index (κ2) is 11.9. The van der Waals surface area contributed by atoms with E-state index in [2.05, 4.69) is 29.0 Å². The average molecular weight is 571 g/mol. The summed E-state index contributed by atoms with van der Waals surface area (Å²) in [6.07, 6.45) is 3.56. The number of imidazole rings is 1. The van der Waals surface area contributed by atoms with Gasteiger partial charge in [-0.15, -0.1) is 0 Å². The number of pyridine rings is 1. The minimum atomic E-state index is -4.61. The third-order valence-corrected chi connectivity index (χ3v) is 8.19. The lowest BCUT2D eigenvalue weighted by atomic mass is 9.82. The number of hydrogen-bond donors (Lipinski definition) is 0. The Kier molecular flexibility index (Phi) is 8.47. The maximum atomic E-state index is 14.3. The number of alkyl halides is 3. The first-order valence-corrected chi connectivity index (χ1v) is 14.1. The molecule has 2 aromatic heterocycles. The van der Waals surface area contributed by atoms with Gasteiger partial charge < -0.3 is 4.74 Å². The third-order valence-electron chi connectivity index (χ3n) is 8.19. The number of ether oxygens (including phenoxy) is 1. The highest BCUT2D eigenvalue weighted by atomic mass is 19.4. The van der Waals surface area contributed by atoms with E-state index in [9.17, 15) is 18.0 Å². The third kappa shape index (κ3) is 6.01. The Labute approximate surface area is 237 Å². The van der Waals surface area contributed by atoms with E-state index in [0.717, 1.165) is 48.5 Å². The Hall–Kier alpha value is -3.31. The molecular weight excluding hydrogens is 533 g/mol. The quantitative estimate of drug-likeness (QED) is 0.309. The molecule has 3 aromatic rings. The summed E-state index contributed by atoms with van der Waals surface area (Å²) in [5.41, 5.74) is 0.307. The van der Waals surface area contributed by atoms with Gasteiger partial charge in [0.25, 0.3) is 0 Å². The van der Waals surface area contributed by atoms with Crippen LogP contribution in [-0.4, -0.2) is 58.6 Å². The summed E-state index contributed by atoms with van der Waals surface area (Å²) in [4.78, 5) is 15.8. The van der Waals surface area contributed by atoms with E-state index in [1.54, 1.807) is 25.7 Å². The second-order valence-corrected chi connectivity index (χ2v) is 11.3. The van der Waals surface area contributed by atoms with Gasteiger partial charge in [0.2, 0.25) is 0 Å². The van der Waals surface area contributed by atoms with Gasteiger partial charge in [-0.25, -0.2) is 9.37 Å². The molecule has 2 aliphatic rings. The van der Waals surface area contributed by atoms with Gasteiger partial charge in [0.15, 0.2) is 0 Å². The van der Waals surface area contributed by atoms with Crippen molar-refractivity contribution >= 4 is 11.9 Å². The number of hydrogen-bond acceptors (Lipinski definition) is 5. The lowest BCUT2D eigenvalue weighted by Crippen LogP contribution is -2.34. The molecule has 1 unspecified atom stereocenters. The lowest BCUT2D eigenvalue weighted by Gasteiger charge is -2.31. The normalized spacial score (nSPS) is 20.1. The molecule has 1 aromatic carbocycles. The van der Waals surface area contributed by atoms with Crippen LogP contribution in [0.25, 0.3) is 11.2 Å². The fraction of sp³-hybridized carbons (Fsp3) is 0.500. The Bertz CT molecular complexity index is 1510. The van der Waals surface area contributed by atoms with Crippen molar-refractivity contribution in [2.75, 3.05) is 33.9 Å². The highest BCUT2D eigenvalue weighted by Crippen LogP contribution is 2.39. The molecule has 0 N–H and O–H groups in total. The van der Waals surface area contributed by atoms with Crippen LogP contribution in [0.2, 0.25) is 0 Å². The molecule has 219 valence electrons. The monoisotopic (exact) mass is 570 g/mol. The van der Waals surface area contributed by atoms with Crippen molar-refractivity contribution < 1.29 is 22.5 Å². The lowest BCUT2D eigenvalue weighted by molar-refractivity contribution is -0.480. The smallest absolute Gasteiger partial charge is 0.384 e. The summed E-state index contributed by atoms with van der Waals surface area (Å²) in [5.74, 6) is 0.372. The molecule has 0 aliphatic carbocycles. The topological polar surface area (TPSA) is 66.6 Å². The fourth-order valence-corrected chi connectivity index (χ4v) is 6.17. The first-order valence-electron chi connectivity index (χ1n) is 14.1. The molecule has 1 fully saturated rings. The van der Waals surface area contributed by atoms with E-state index in [0.29, 0.717) is 30.3 Å². The highest BCUT2D eigenvalue weighted by Gasteiger charge is 2.40. The number of halogens is 3. The molecule has 4 heterocycles. The van der Waals surface area contributed by atoms with Crippen molar-refractivity contribution in [1.82, 2.24) is 13.9 Å². The number of rotatable bonds is 9. The number of azo groups is 1. The van der Waals surface area contributed by atoms with Crippen molar-refractivity contribution in [1.29, 1.82) is 0 Å². The van der Waals surface area contributed by atoms with E-state index >= 15 is 0 Å². The first-order chi connectivity index (χ1) is 19.6. The van der Waals surface area contributed by atoms with Gasteiger partial charge in [0, 0.05) is 39.2 Å². The zero-order valence-corrected chi connectivity index (χ0v) is 23.9. The number of methoxy groups -OCH3 is 1. The summed E-state index contributed by atoms with van der Waals surface area (Å²) in [5, 5.41) is 8.41. The zero-order chi connectivity index (χ0) is 29.3. The molecule has 11 heteroatoms. The van der Waals surface area contributed by atoms with E-state index in [-0.39, 0.29) is 17.4 Å². The summed E-state index contributed by atoms with van der Waals surface area (Å²) in [6, 6.07) is 8.53. The predicted octanol–water partition coefficient (Wildman–Crippen LogP) is 5.72. The Morgan fingerprint density at radius 3 is 2.68 bits per heavy atom. The van der Waals surface area contributed by atoms with Crippen LogP contribution in [0.3, 0.4) is 0 Å². The van der Waals surface area contributed by atoms with Crippen LogP contribution in [0.5, 0.6) is 0 Å². The van der Waals surface area contributed by atoms with Crippen molar-refractivity contribution in [2.24, 2.45) is 22.1 Å². The van der Waals surface area contributed by atoms with Crippen molar-refractivity contribution in [3.05, 3.63) is 76.1 Å². The minimum absolute atomic E-state index is 0.0693. The minimum Gasteiger partial charge on any atom is -0.384 e. The molecular formula is C30H37F3N6O2+. The molecule has 8 nitrogen and oxygen atoms in total. The molecule has 3 atom stereocenters. The Balaban J connectivity index is 1.58. The zero-order valence-electron chi connectivity index (χ0n) is 23.9. The van der Waals surface area contributed by atoms with Crippen molar-refractivity contribution in [3.8, 4) is 5.69 Å². The first kappa shape index (κ1) is 29.2. The molecule has 5 rings (SSSR count). The van der Waals surface area contributed by atoms with E-state index in [1.165, 1.54) is 16.8 Å². The molecule has 1 radical (unpaired) electrons. The Morgan fingerprint density at radius 2 is 2.02 bits per heavy atom. The van der Waals surface area contributed by atoms with Crippen molar-refractivity contribution in [2.45, 2.75) is 51.7 Å². The van der Waals surface area contributed by atoms with Gasteiger partial charge in [-0.05, 0) is 65.7 Å². The SMILES string of the molecule is CCC(COC)[C@H]([C]1N=NC=[N+]1C)c1cccc(-n2cc3c(C(F)(F)F)cc(CN4CCC[C@H](C)C4)cn3c2=O)c1. The molecule has 2 aliphatic heterocycles. The summed E-state index contributed by atoms with van der Waals surface area (Å²) < 4.78 is 52.6. The van der Waals surface area contributed by atoms with Crippen molar-refractivity contribution in [3.63, 3.8) is 0 Å². The largest absolute Gasteiger partial charge is 0.418 e. The highest BCUT2D eigenvalue weighted by molar-refractivity contribution is 5.58. The molecule has 0 saturated carbocycles. The maximum Gasteiger partial charge on any atom is 0.418 e. The molecule has 0 amide bonds. The van der Waals surface area contributed by atoms with E-state index in [1.807, 2.05) is 29.8 Å². The molecule has 41 heavy (non-hydrogen) atoms. The van der Waals surface area contributed by atoms with Crippen LogP contribution in [0.1, 0.15) is 55.7 Å². The Morgan fingerprint density at radius 1 is 1.22 bits per heavy atom. The number of piperidine rings is 1. The van der Waals surface area contributed by atoms with Crippen LogP contribution >= 0.6 is 0 Å². The molecule has 0 bridgehead atoms. The number of benzene rings is 1. The van der Waals surface area contributed by atoms with Crippen LogP contribution in [0, 0.1) is 18.0 Å². The second-order valence-electron chi connectivity index (χ2n) is 11.3. The van der Waals surface area contributed by atoms with Crippen LogP contribution < -0.4 is 5.69 Å². The van der Waals surface area contributed by atoms with Gasteiger partial charge >= 0.3 is 24.4 Å². The van der Waals surface area contributed by atoms with Crippen LogP contribution in [-0.2, 0) is 17.5 Å². The summed E-state index contributed by atoms with van der Waals surface area (Å²) in [7, 11) is 3.52.